The summed E-state index contributed by atoms with van der Waals surface area (Å²) in [5.74, 6) is 0.758. The minimum absolute atomic E-state index is 0.226. The van der Waals surface area contributed by atoms with E-state index in [1.54, 1.807) is 12.1 Å². The summed E-state index contributed by atoms with van der Waals surface area (Å²) >= 11 is 3.41. The summed E-state index contributed by atoms with van der Waals surface area (Å²) in [7, 11) is 0. The highest BCUT2D eigenvalue weighted by molar-refractivity contribution is 9.09. The van der Waals surface area contributed by atoms with E-state index in [-0.39, 0.29) is 11.6 Å². The number of aromatic nitrogens is 1. The lowest BCUT2D eigenvalue weighted by molar-refractivity contribution is -0.390. The van der Waals surface area contributed by atoms with Gasteiger partial charge in [0.15, 0.2) is 0 Å². The quantitative estimate of drug-likeness (QED) is 0.460. The van der Waals surface area contributed by atoms with E-state index in [9.17, 15) is 10.1 Å². The second-order valence-corrected chi connectivity index (χ2v) is 4.70. The van der Waals surface area contributed by atoms with Gasteiger partial charge in [0.05, 0.1) is 6.61 Å². The van der Waals surface area contributed by atoms with Gasteiger partial charge >= 0.3 is 5.82 Å². The van der Waals surface area contributed by atoms with Gasteiger partial charge in [0.2, 0.25) is 5.75 Å². The van der Waals surface area contributed by atoms with Gasteiger partial charge in [-0.05, 0) is 28.0 Å². The van der Waals surface area contributed by atoms with Crippen molar-refractivity contribution in [3.8, 4) is 5.75 Å². The Kier molecular flexibility index (Phi) is 5.34. The number of alkyl halides is 1. The number of nitrogens with zero attached hydrogens (tertiary/aromatic N) is 2. The number of ether oxygens (including phenoxy) is 1. The van der Waals surface area contributed by atoms with E-state index < -0.39 is 4.92 Å². The lowest BCUT2D eigenvalue weighted by Crippen LogP contribution is -2.19. The van der Waals surface area contributed by atoms with Crippen LogP contribution in [0.25, 0.3) is 0 Å². The summed E-state index contributed by atoms with van der Waals surface area (Å²) in [5, 5.41) is 11.5. The molecular formula is C11H15BrN2O3. The first kappa shape index (κ1) is 13.9. The highest BCUT2D eigenvalue weighted by atomic mass is 79.9. The van der Waals surface area contributed by atoms with Crippen molar-refractivity contribution in [3.63, 3.8) is 0 Å². The van der Waals surface area contributed by atoms with E-state index in [1.807, 2.05) is 0 Å². The normalized spacial score (nSPS) is 12.5. The topological polar surface area (TPSA) is 65.3 Å². The van der Waals surface area contributed by atoms with Gasteiger partial charge in [-0.25, -0.2) is 0 Å². The van der Waals surface area contributed by atoms with Gasteiger partial charge in [0.25, 0.3) is 0 Å². The maximum Gasteiger partial charge on any atom is 0.406 e. The van der Waals surface area contributed by atoms with Gasteiger partial charge in [0.1, 0.15) is 6.20 Å². The maximum absolute atomic E-state index is 10.7. The van der Waals surface area contributed by atoms with E-state index in [0.717, 1.165) is 5.33 Å². The van der Waals surface area contributed by atoms with Crippen molar-refractivity contribution in [1.82, 2.24) is 4.98 Å². The van der Waals surface area contributed by atoms with Gasteiger partial charge < -0.3 is 14.9 Å². The molecule has 1 unspecified atom stereocenters. The Morgan fingerprint density at radius 3 is 2.82 bits per heavy atom. The van der Waals surface area contributed by atoms with Gasteiger partial charge in [-0.15, -0.1) is 0 Å². The minimum Gasteiger partial charge on any atom is -0.485 e. The first-order valence-corrected chi connectivity index (χ1v) is 6.46. The Labute approximate surface area is 108 Å². The molecule has 0 aliphatic rings. The molecule has 1 heterocycles. The maximum atomic E-state index is 10.7. The zero-order chi connectivity index (χ0) is 12.8. The molecule has 0 aliphatic carbocycles. The summed E-state index contributed by atoms with van der Waals surface area (Å²) < 4.78 is 5.48. The first-order valence-electron chi connectivity index (χ1n) is 5.34. The molecule has 0 aliphatic heterocycles. The molecular weight excluding hydrogens is 288 g/mol. The molecule has 0 bridgehead atoms. The van der Waals surface area contributed by atoms with E-state index in [1.165, 1.54) is 6.20 Å². The van der Waals surface area contributed by atoms with Crippen molar-refractivity contribution < 1.29 is 9.66 Å². The molecule has 17 heavy (non-hydrogen) atoms. The summed E-state index contributed by atoms with van der Waals surface area (Å²) in [6, 6.07) is 3.19. The van der Waals surface area contributed by atoms with Gasteiger partial charge in [-0.2, -0.15) is 0 Å². The number of pyridine rings is 1. The summed E-state index contributed by atoms with van der Waals surface area (Å²) in [5.41, 5.74) is 0. The van der Waals surface area contributed by atoms with Gasteiger partial charge in [0, 0.05) is 11.2 Å². The zero-order valence-corrected chi connectivity index (χ0v) is 11.4. The lowest BCUT2D eigenvalue weighted by atomic mass is 9.99. The van der Waals surface area contributed by atoms with Crippen LogP contribution in [-0.4, -0.2) is 21.8 Å². The van der Waals surface area contributed by atoms with Crippen LogP contribution in [0.5, 0.6) is 5.75 Å². The molecule has 94 valence electrons. The molecule has 1 aromatic heterocycles. The Morgan fingerprint density at radius 1 is 1.59 bits per heavy atom. The molecule has 0 amide bonds. The Hall–Kier alpha value is -1.17. The average molecular weight is 303 g/mol. The SMILES string of the molecule is CC(C)C(CBr)COc1cccnc1[N+](=O)[O-]. The van der Waals surface area contributed by atoms with Crippen LogP contribution >= 0.6 is 15.9 Å². The van der Waals surface area contributed by atoms with Crippen LogP contribution in [-0.2, 0) is 0 Å². The van der Waals surface area contributed by atoms with Crippen molar-refractivity contribution in [1.29, 1.82) is 0 Å². The van der Waals surface area contributed by atoms with Gasteiger partial charge in [-0.1, -0.05) is 29.8 Å². The second kappa shape index (κ2) is 6.54. The molecule has 1 atom stereocenters. The summed E-state index contributed by atoms with van der Waals surface area (Å²) in [6.45, 7) is 4.62. The summed E-state index contributed by atoms with van der Waals surface area (Å²) in [4.78, 5) is 13.9. The highest BCUT2D eigenvalue weighted by Gasteiger charge is 2.18. The molecule has 1 aromatic rings. The molecule has 0 fully saturated rings. The molecule has 0 saturated carbocycles. The van der Waals surface area contributed by atoms with Crippen LogP contribution in [0, 0.1) is 22.0 Å². The lowest BCUT2D eigenvalue weighted by Gasteiger charge is -2.18. The third kappa shape index (κ3) is 3.96. The molecule has 5 nitrogen and oxygen atoms in total. The van der Waals surface area contributed by atoms with E-state index in [4.69, 9.17) is 4.74 Å². The molecule has 6 heteroatoms. The van der Waals surface area contributed by atoms with Gasteiger partial charge in [-0.3, -0.25) is 0 Å². The standard InChI is InChI=1S/C11H15BrN2O3/c1-8(2)9(6-12)7-17-10-4-3-5-13-11(10)14(15)16/h3-5,8-9H,6-7H2,1-2H3. The number of rotatable bonds is 6. The van der Waals surface area contributed by atoms with Crippen LogP contribution in [0.1, 0.15) is 13.8 Å². The minimum atomic E-state index is -0.534. The zero-order valence-electron chi connectivity index (χ0n) is 9.80. The highest BCUT2D eigenvalue weighted by Crippen LogP contribution is 2.24. The van der Waals surface area contributed by atoms with Crippen LogP contribution in [0.3, 0.4) is 0 Å². The third-order valence-electron chi connectivity index (χ3n) is 2.52. The molecule has 0 N–H and O–H groups in total. The van der Waals surface area contributed by atoms with Crippen LogP contribution in [0.4, 0.5) is 5.82 Å². The van der Waals surface area contributed by atoms with Crippen molar-refractivity contribution in [2.24, 2.45) is 11.8 Å². The van der Waals surface area contributed by atoms with Crippen molar-refractivity contribution in [2.45, 2.75) is 13.8 Å². The predicted octanol–water partition coefficient (Wildman–Crippen LogP) is 3.04. The van der Waals surface area contributed by atoms with Crippen molar-refractivity contribution in [2.75, 3.05) is 11.9 Å². The number of hydrogen-bond donors (Lipinski definition) is 0. The average Bonchev–Trinajstić information content (AvgIpc) is 2.29. The van der Waals surface area contributed by atoms with Crippen molar-refractivity contribution in [3.05, 3.63) is 28.4 Å². The van der Waals surface area contributed by atoms with E-state index in [2.05, 4.69) is 34.8 Å². The van der Waals surface area contributed by atoms with Crippen LogP contribution in [0.15, 0.2) is 18.3 Å². The van der Waals surface area contributed by atoms with Crippen LogP contribution < -0.4 is 4.74 Å². The largest absolute Gasteiger partial charge is 0.485 e. The first-order chi connectivity index (χ1) is 8.06. The second-order valence-electron chi connectivity index (χ2n) is 4.05. The molecule has 0 aromatic carbocycles. The molecule has 0 spiro atoms. The van der Waals surface area contributed by atoms with Crippen molar-refractivity contribution >= 4 is 21.7 Å². The Bertz CT molecular complexity index is 385. The number of halogens is 1. The van der Waals surface area contributed by atoms with Crippen LogP contribution in [0.2, 0.25) is 0 Å². The predicted molar refractivity (Wildman–Crippen MR) is 68.5 cm³/mol. The molecule has 0 saturated heterocycles. The van der Waals surface area contributed by atoms with E-state index >= 15 is 0 Å². The number of hydrogen-bond acceptors (Lipinski definition) is 4. The summed E-state index contributed by atoms with van der Waals surface area (Å²) in [6.07, 6.45) is 1.38. The Morgan fingerprint density at radius 2 is 2.29 bits per heavy atom. The fourth-order valence-corrected chi connectivity index (χ4v) is 2.18. The monoisotopic (exact) mass is 302 g/mol. The fraction of sp³-hybridized carbons (Fsp3) is 0.545. The third-order valence-corrected chi connectivity index (χ3v) is 3.35. The fourth-order valence-electron chi connectivity index (χ4n) is 1.24. The Balaban J connectivity index is 2.72. The molecule has 1 rings (SSSR count). The smallest absolute Gasteiger partial charge is 0.406 e. The molecule has 0 radical (unpaired) electrons. The number of nitro groups is 1. The van der Waals surface area contributed by atoms with E-state index in [0.29, 0.717) is 18.4 Å².